The average Bonchev–Trinajstić information content (AvgIpc) is 2.86. The first-order valence-corrected chi connectivity index (χ1v) is 8.32. The Bertz CT molecular complexity index is 864. The van der Waals surface area contributed by atoms with Gasteiger partial charge >= 0.3 is 0 Å². The van der Waals surface area contributed by atoms with Crippen LogP contribution in [0, 0.1) is 6.92 Å². The Labute approximate surface area is 142 Å². The van der Waals surface area contributed by atoms with Crippen LogP contribution in [0.2, 0.25) is 0 Å². The van der Waals surface area contributed by atoms with E-state index in [2.05, 4.69) is 24.4 Å². The number of nitrogens with zero attached hydrogens (tertiary/aromatic N) is 2. The summed E-state index contributed by atoms with van der Waals surface area (Å²) >= 11 is 0. The Balaban J connectivity index is 1.99. The summed E-state index contributed by atoms with van der Waals surface area (Å²) < 4.78 is 2.03. The van der Waals surface area contributed by atoms with Gasteiger partial charge in [-0.05, 0) is 44.0 Å². The molecule has 1 aromatic heterocycles. The first-order valence-electron chi connectivity index (χ1n) is 8.32. The third kappa shape index (κ3) is 3.48. The molecule has 124 valence electrons. The van der Waals surface area contributed by atoms with Crippen molar-refractivity contribution in [3.63, 3.8) is 0 Å². The zero-order valence-electron chi connectivity index (χ0n) is 14.4. The lowest BCUT2D eigenvalue weighted by molar-refractivity contribution is -0.122. The Kier molecular flexibility index (Phi) is 4.65. The molecule has 3 aromatic rings. The fourth-order valence-electron chi connectivity index (χ4n) is 2.93. The van der Waals surface area contributed by atoms with Crippen molar-refractivity contribution >= 4 is 16.9 Å². The highest BCUT2D eigenvalue weighted by molar-refractivity contribution is 5.81. The van der Waals surface area contributed by atoms with Gasteiger partial charge in [-0.2, -0.15) is 0 Å². The molecule has 0 spiro atoms. The van der Waals surface area contributed by atoms with Gasteiger partial charge < -0.3 is 9.88 Å². The molecule has 2 aromatic carbocycles. The number of amides is 1. The Morgan fingerprint density at radius 2 is 1.83 bits per heavy atom. The van der Waals surface area contributed by atoms with Gasteiger partial charge in [0.2, 0.25) is 5.91 Å². The number of carbonyl (C=O) groups excluding carboxylic acids is 1. The minimum atomic E-state index is 0.0131. The number of aromatic nitrogens is 2. The lowest BCUT2D eigenvalue weighted by Crippen LogP contribution is -2.33. The Morgan fingerprint density at radius 3 is 2.58 bits per heavy atom. The van der Waals surface area contributed by atoms with E-state index in [1.54, 1.807) is 0 Å². The molecule has 1 heterocycles. The molecule has 4 heteroatoms. The van der Waals surface area contributed by atoms with Crippen LogP contribution in [0.3, 0.4) is 0 Å². The molecule has 0 aliphatic carbocycles. The van der Waals surface area contributed by atoms with Crippen LogP contribution in [0.5, 0.6) is 0 Å². The molecule has 0 bridgehead atoms. The summed E-state index contributed by atoms with van der Waals surface area (Å²) in [5.74, 6) is 0.934. The summed E-state index contributed by atoms with van der Waals surface area (Å²) in [6, 6.07) is 16.4. The van der Waals surface area contributed by atoms with Crippen LogP contribution in [0.1, 0.15) is 30.8 Å². The smallest absolute Gasteiger partial charge is 0.240 e. The largest absolute Gasteiger partial charge is 0.352 e. The van der Waals surface area contributed by atoms with Crippen molar-refractivity contribution in [1.82, 2.24) is 14.9 Å². The fourth-order valence-corrected chi connectivity index (χ4v) is 2.93. The maximum absolute atomic E-state index is 12.3. The van der Waals surface area contributed by atoms with Gasteiger partial charge in [0.05, 0.1) is 11.0 Å². The summed E-state index contributed by atoms with van der Waals surface area (Å²) in [5, 5.41) is 2.96. The zero-order valence-corrected chi connectivity index (χ0v) is 14.4. The standard InChI is InChI=1S/C20H23N3O/c1-14(2)21-20(24)13-23-18-11-7-6-10-17(18)22-19(23)12-16-9-5-4-8-15(16)3/h4-11,14H,12-13H2,1-3H3,(H,21,24). The van der Waals surface area contributed by atoms with Crippen molar-refractivity contribution < 1.29 is 4.79 Å². The molecule has 1 amide bonds. The molecule has 4 nitrogen and oxygen atoms in total. The number of hydrogen-bond acceptors (Lipinski definition) is 2. The number of rotatable bonds is 5. The van der Waals surface area contributed by atoms with Crippen molar-refractivity contribution in [1.29, 1.82) is 0 Å². The SMILES string of the molecule is Cc1ccccc1Cc1nc2ccccc2n1CC(=O)NC(C)C. The topological polar surface area (TPSA) is 46.9 Å². The molecular formula is C20H23N3O. The van der Waals surface area contributed by atoms with E-state index in [4.69, 9.17) is 4.98 Å². The van der Waals surface area contributed by atoms with E-state index in [1.807, 2.05) is 54.8 Å². The second kappa shape index (κ2) is 6.87. The van der Waals surface area contributed by atoms with Gasteiger partial charge in [0.1, 0.15) is 12.4 Å². The van der Waals surface area contributed by atoms with Crippen LogP contribution in [0.4, 0.5) is 0 Å². The van der Waals surface area contributed by atoms with Crippen LogP contribution in [-0.2, 0) is 17.8 Å². The van der Waals surface area contributed by atoms with E-state index in [-0.39, 0.29) is 11.9 Å². The van der Waals surface area contributed by atoms with Crippen molar-refractivity contribution in [3.8, 4) is 0 Å². The quantitative estimate of drug-likeness (QED) is 0.782. The molecule has 0 unspecified atom stereocenters. The van der Waals surface area contributed by atoms with E-state index in [9.17, 15) is 4.79 Å². The molecule has 1 N–H and O–H groups in total. The van der Waals surface area contributed by atoms with Gasteiger partial charge in [0, 0.05) is 12.5 Å². The average molecular weight is 321 g/mol. The van der Waals surface area contributed by atoms with Gasteiger partial charge in [0.25, 0.3) is 0 Å². The lowest BCUT2D eigenvalue weighted by atomic mass is 10.1. The molecule has 3 rings (SSSR count). The molecule has 0 radical (unpaired) electrons. The summed E-state index contributed by atoms with van der Waals surface area (Å²) in [6.07, 6.45) is 0.719. The minimum absolute atomic E-state index is 0.0131. The van der Waals surface area contributed by atoms with Crippen LogP contribution in [0.15, 0.2) is 48.5 Å². The molecule has 0 fully saturated rings. The molecule has 24 heavy (non-hydrogen) atoms. The number of fused-ring (bicyclic) bond motifs is 1. The van der Waals surface area contributed by atoms with E-state index in [0.717, 1.165) is 23.3 Å². The molecular weight excluding hydrogens is 298 g/mol. The highest BCUT2D eigenvalue weighted by atomic mass is 16.2. The maximum Gasteiger partial charge on any atom is 0.240 e. The minimum Gasteiger partial charge on any atom is -0.352 e. The number of benzene rings is 2. The number of nitrogens with one attached hydrogen (secondary N) is 1. The van der Waals surface area contributed by atoms with Crippen LogP contribution >= 0.6 is 0 Å². The first-order chi connectivity index (χ1) is 11.5. The van der Waals surface area contributed by atoms with E-state index in [0.29, 0.717) is 6.54 Å². The normalized spacial score (nSPS) is 11.2. The van der Waals surface area contributed by atoms with Crippen molar-refractivity contribution in [2.24, 2.45) is 0 Å². The third-order valence-corrected chi connectivity index (χ3v) is 4.09. The van der Waals surface area contributed by atoms with Gasteiger partial charge in [-0.3, -0.25) is 4.79 Å². The summed E-state index contributed by atoms with van der Waals surface area (Å²) in [6.45, 7) is 6.34. The first kappa shape index (κ1) is 16.2. The summed E-state index contributed by atoms with van der Waals surface area (Å²) in [4.78, 5) is 17.0. The second-order valence-corrected chi connectivity index (χ2v) is 6.43. The summed E-state index contributed by atoms with van der Waals surface area (Å²) in [5.41, 5.74) is 4.40. The van der Waals surface area contributed by atoms with Gasteiger partial charge in [-0.1, -0.05) is 36.4 Å². The fraction of sp³-hybridized carbons (Fsp3) is 0.300. The van der Waals surface area contributed by atoms with Gasteiger partial charge in [0.15, 0.2) is 0 Å². The number of para-hydroxylation sites is 2. The van der Waals surface area contributed by atoms with Crippen molar-refractivity contribution in [2.75, 3.05) is 0 Å². The highest BCUT2D eigenvalue weighted by Gasteiger charge is 2.15. The summed E-state index contributed by atoms with van der Waals surface area (Å²) in [7, 11) is 0. The van der Waals surface area contributed by atoms with Gasteiger partial charge in [-0.25, -0.2) is 4.98 Å². The van der Waals surface area contributed by atoms with Crippen molar-refractivity contribution in [2.45, 2.75) is 39.8 Å². The predicted octanol–water partition coefficient (Wildman–Crippen LogP) is 3.46. The maximum atomic E-state index is 12.3. The molecule has 0 atom stereocenters. The Morgan fingerprint density at radius 1 is 1.12 bits per heavy atom. The third-order valence-electron chi connectivity index (χ3n) is 4.09. The zero-order chi connectivity index (χ0) is 17.1. The molecule has 0 aliphatic heterocycles. The van der Waals surface area contributed by atoms with E-state index in [1.165, 1.54) is 11.1 Å². The molecule has 0 aliphatic rings. The predicted molar refractivity (Wildman–Crippen MR) is 97.0 cm³/mol. The second-order valence-electron chi connectivity index (χ2n) is 6.43. The lowest BCUT2D eigenvalue weighted by Gasteiger charge is -2.12. The monoisotopic (exact) mass is 321 g/mol. The highest BCUT2D eigenvalue weighted by Crippen LogP contribution is 2.20. The number of imidazole rings is 1. The Hall–Kier alpha value is -2.62. The van der Waals surface area contributed by atoms with Crippen LogP contribution in [-0.4, -0.2) is 21.5 Å². The van der Waals surface area contributed by atoms with Crippen molar-refractivity contribution in [3.05, 3.63) is 65.5 Å². The van der Waals surface area contributed by atoms with Crippen LogP contribution in [0.25, 0.3) is 11.0 Å². The van der Waals surface area contributed by atoms with Gasteiger partial charge in [-0.15, -0.1) is 0 Å². The number of carbonyl (C=O) groups is 1. The van der Waals surface area contributed by atoms with E-state index >= 15 is 0 Å². The molecule has 0 saturated heterocycles. The molecule has 0 saturated carbocycles. The number of hydrogen-bond donors (Lipinski definition) is 1. The van der Waals surface area contributed by atoms with Crippen LogP contribution < -0.4 is 5.32 Å². The number of aryl methyl sites for hydroxylation is 1. The van der Waals surface area contributed by atoms with E-state index < -0.39 is 0 Å².